The van der Waals surface area contributed by atoms with E-state index in [1.165, 1.54) is 12.8 Å². The van der Waals surface area contributed by atoms with Crippen LogP contribution in [-0.2, 0) is 4.74 Å². The predicted octanol–water partition coefficient (Wildman–Crippen LogP) is 2.57. The van der Waals surface area contributed by atoms with Crippen molar-refractivity contribution >= 4 is 11.8 Å². The summed E-state index contributed by atoms with van der Waals surface area (Å²) in [6.45, 7) is 4.61. The van der Waals surface area contributed by atoms with E-state index in [1.807, 2.05) is 32.0 Å². The molecule has 3 heterocycles. The lowest BCUT2D eigenvalue weighted by Crippen LogP contribution is -2.43. The van der Waals surface area contributed by atoms with E-state index in [1.54, 1.807) is 10.9 Å². The summed E-state index contributed by atoms with van der Waals surface area (Å²) in [6, 6.07) is 5.56. The minimum absolute atomic E-state index is 0.0852. The lowest BCUT2D eigenvalue weighted by atomic mass is 10.1. The van der Waals surface area contributed by atoms with Gasteiger partial charge in [-0.3, -0.25) is 5.32 Å². The average Bonchev–Trinajstić information content (AvgIpc) is 3.21. The zero-order valence-corrected chi connectivity index (χ0v) is 14.5. The number of nitrogens with zero attached hydrogens (tertiary/aromatic N) is 3. The van der Waals surface area contributed by atoms with Crippen LogP contribution in [0.1, 0.15) is 30.5 Å². The van der Waals surface area contributed by atoms with E-state index < -0.39 is 0 Å². The van der Waals surface area contributed by atoms with Gasteiger partial charge >= 0.3 is 6.03 Å². The maximum atomic E-state index is 12.5. The van der Waals surface area contributed by atoms with Gasteiger partial charge < -0.3 is 10.1 Å². The molecule has 1 saturated heterocycles. The molecule has 0 spiro atoms. The Morgan fingerprint density at radius 2 is 2.12 bits per heavy atom. The second-order valence-corrected chi connectivity index (χ2v) is 6.94. The van der Waals surface area contributed by atoms with Crippen LogP contribution in [0.25, 0.3) is 5.82 Å². The molecule has 7 heteroatoms. The second-order valence-electron chi connectivity index (χ2n) is 6.94. The number of aryl methyl sites for hydroxylation is 2. The summed E-state index contributed by atoms with van der Waals surface area (Å²) < 4.78 is 7.44. The third-order valence-electron chi connectivity index (χ3n) is 4.73. The number of amides is 2. The largest absolute Gasteiger partial charge is 0.376 e. The monoisotopic (exact) mass is 341 g/mol. The number of pyridine rings is 1. The summed E-state index contributed by atoms with van der Waals surface area (Å²) in [7, 11) is 0. The van der Waals surface area contributed by atoms with Crippen LogP contribution < -0.4 is 10.6 Å². The number of anilines is 1. The highest BCUT2D eigenvalue weighted by Gasteiger charge is 2.41. The van der Waals surface area contributed by atoms with Crippen LogP contribution in [0, 0.1) is 19.8 Å². The summed E-state index contributed by atoms with van der Waals surface area (Å²) in [5.41, 5.74) is 1.91. The van der Waals surface area contributed by atoms with Crippen molar-refractivity contribution in [3.05, 3.63) is 35.7 Å². The van der Waals surface area contributed by atoms with E-state index >= 15 is 0 Å². The molecule has 2 aromatic heterocycles. The standard InChI is InChI=1S/C18H23N5O2/c1-11-5-7-19-15(9-11)23-16(10-12(2)22-23)21-18(24)20-14-6-8-25-17(14)13-3-4-13/h5,7,9-10,13-14,17H,3-4,6,8H2,1-2H3,(H2,20,21,24)/t14-,17+/m1/s1. The van der Waals surface area contributed by atoms with Crippen LogP contribution in [0.4, 0.5) is 10.6 Å². The number of rotatable bonds is 4. The number of aromatic nitrogens is 3. The fraction of sp³-hybridized carbons (Fsp3) is 0.500. The minimum Gasteiger partial charge on any atom is -0.376 e. The molecule has 2 atom stereocenters. The number of urea groups is 1. The Morgan fingerprint density at radius 1 is 1.28 bits per heavy atom. The highest BCUT2D eigenvalue weighted by molar-refractivity contribution is 5.89. The Morgan fingerprint density at radius 3 is 2.88 bits per heavy atom. The van der Waals surface area contributed by atoms with Crippen LogP contribution in [0.5, 0.6) is 0 Å². The number of hydrogen-bond donors (Lipinski definition) is 2. The van der Waals surface area contributed by atoms with Crippen molar-refractivity contribution in [1.82, 2.24) is 20.1 Å². The fourth-order valence-corrected chi connectivity index (χ4v) is 3.38. The highest BCUT2D eigenvalue weighted by Crippen LogP contribution is 2.38. The van der Waals surface area contributed by atoms with Gasteiger partial charge in [-0.15, -0.1) is 0 Å². The summed E-state index contributed by atoms with van der Waals surface area (Å²) >= 11 is 0. The molecule has 2 fully saturated rings. The number of ether oxygens (including phenoxy) is 1. The van der Waals surface area contributed by atoms with Crippen molar-refractivity contribution in [1.29, 1.82) is 0 Å². The average molecular weight is 341 g/mol. The summed E-state index contributed by atoms with van der Waals surface area (Å²) in [4.78, 5) is 16.8. The van der Waals surface area contributed by atoms with E-state index in [9.17, 15) is 4.79 Å². The lowest BCUT2D eigenvalue weighted by molar-refractivity contribution is 0.0829. The Kier molecular flexibility index (Phi) is 4.17. The van der Waals surface area contributed by atoms with Gasteiger partial charge in [-0.25, -0.2) is 9.78 Å². The van der Waals surface area contributed by atoms with Crippen molar-refractivity contribution in [3.63, 3.8) is 0 Å². The van der Waals surface area contributed by atoms with E-state index in [-0.39, 0.29) is 18.2 Å². The van der Waals surface area contributed by atoms with Crippen molar-refractivity contribution < 1.29 is 9.53 Å². The number of hydrogen-bond acceptors (Lipinski definition) is 4. The smallest absolute Gasteiger partial charge is 0.320 e. The molecule has 0 aromatic carbocycles. The first kappa shape index (κ1) is 16.1. The molecule has 0 bridgehead atoms. The molecular formula is C18H23N5O2. The lowest BCUT2D eigenvalue weighted by Gasteiger charge is -2.19. The molecule has 0 unspecified atom stereocenters. The Hall–Kier alpha value is -2.41. The molecule has 132 valence electrons. The molecular weight excluding hydrogens is 318 g/mol. The Labute approximate surface area is 146 Å². The quantitative estimate of drug-likeness (QED) is 0.895. The summed E-state index contributed by atoms with van der Waals surface area (Å²) in [5, 5.41) is 10.4. The number of carbonyl (C=O) groups excluding carboxylic acids is 1. The van der Waals surface area contributed by atoms with Crippen LogP contribution in [0.15, 0.2) is 24.4 Å². The van der Waals surface area contributed by atoms with Crippen LogP contribution in [-0.4, -0.2) is 39.5 Å². The van der Waals surface area contributed by atoms with Gasteiger partial charge in [-0.05, 0) is 56.7 Å². The van der Waals surface area contributed by atoms with Gasteiger partial charge in [-0.1, -0.05) is 0 Å². The molecule has 1 aliphatic heterocycles. The van der Waals surface area contributed by atoms with Gasteiger partial charge in [0, 0.05) is 18.9 Å². The van der Waals surface area contributed by atoms with E-state index in [4.69, 9.17) is 4.74 Å². The molecule has 2 N–H and O–H groups in total. The zero-order valence-electron chi connectivity index (χ0n) is 14.5. The predicted molar refractivity (Wildman–Crippen MR) is 93.9 cm³/mol. The maximum absolute atomic E-state index is 12.5. The SMILES string of the molecule is Cc1ccnc(-n2nc(C)cc2NC(=O)N[C@@H]2CCO[C@H]2C2CC2)c1. The Balaban J connectivity index is 1.48. The van der Waals surface area contributed by atoms with Crippen LogP contribution in [0.2, 0.25) is 0 Å². The molecule has 2 aromatic rings. The molecule has 0 radical (unpaired) electrons. The molecule has 2 amide bonds. The first-order valence-electron chi connectivity index (χ1n) is 8.79. The first-order chi connectivity index (χ1) is 12.1. The van der Waals surface area contributed by atoms with Gasteiger partial charge in [0.2, 0.25) is 0 Å². The van der Waals surface area contributed by atoms with Crippen molar-refractivity contribution in [3.8, 4) is 5.82 Å². The van der Waals surface area contributed by atoms with Gasteiger partial charge in [0.1, 0.15) is 5.82 Å². The first-order valence-corrected chi connectivity index (χ1v) is 8.79. The van der Waals surface area contributed by atoms with Gasteiger partial charge in [0.15, 0.2) is 5.82 Å². The van der Waals surface area contributed by atoms with E-state index in [0.717, 1.165) is 24.3 Å². The second kappa shape index (κ2) is 6.48. The van der Waals surface area contributed by atoms with Gasteiger partial charge in [0.05, 0.1) is 17.8 Å². The maximum Gasteiger partial charge on any atom is 0.320 e. The third kappa shape index (κ3) is 3.51. The normalized spacial score (nSPS) is 22.8. The molecule has 7 nitrogen and oxygen atoms in total. The van der Waals surface area contributed by atoms with E-state index in [0.29, 0.717) is 17.6 Å². The Bertz CT molecular complexity index is 784. The molecule has 2 aliphatic rings. The summed E-state index contributed by atoms with van der Waals surface area (Å²) in [6.07, 6.45) is 5.18. The van der Waals surface area contributed by atoms with Crippen LogP contribution in [0.3, 0.4) is 0 Å². The van der Waals surface area contributed by atoms with Crippen molar-refractivity contribution in [2.24, 2.45) is 5.92 Å². The minimum atomic E-state index is -0.227. The van der Waals surface area contributed by atoms with Crippen molar-refractivity contribution in [2.45, 2.75) is 45.3 Å². The van der Waals surface area contributed by atoms with Crippen molar-refractivity contribution in [2.75, 3.05) is 11.9 Å². The topological polar surface area (TPSA) is 81.1 Å². The summed E-state index contributed by atoms with van der Waals surface area (Å²) in [5.74, 6) is 1.90. The number of nitrogens with one attached hydrogen (secondary N) is 2. The fourth-order valence-electron chi connectivity index (χ4n) is 3.38. The highest BCUT2D eigenvalue weighted by atomic mass is 16.5. The zero-order chi connectivity index (χ0) is 17.4. The van der Waals surface area contributed by atoms with E-state index in [2.05, 4.69) is 20.7 Å². The van der Waals surface area contributed by atoms with Gasteiger partial charge in [-0.2, -0.15) is 9.78 Å². The molecule has 1 aliphatic carbocycles. The molecule has 4 rings (SSSR count). The molecule has 1 saturated carbocycles. The third-order valence-corrected chi connectivity index (χ3v) is 4.73. The number of carbonyl (C=O) groups is 1. The van der Waals surface area contributed by atoms with Gasteiger partial charge in [0.25, 0.3) is 0 Å². The molecule has 25 heavy (non-hydrogen) atoms. The van der Waals surface area contributed by atoms with Crippen LogP contribution >= 0.6 is 0 Å².